The lowest BCUT2D eigenvalue weighted by Gasteiger charge is -2.12. The fourth-order valence-corrected chi connectivity index (χ4v) is 3.20. The van der Waals surface area contributed by atoms with Gasteiger partial charge in [-0.2, -0.15) is 0 Å². The quantitative estimate of drug-likeness (QED) is 0.311. The first-order chi connectivity index (χ1) is 12.6. The van der Waals surface area contributed by atoms with Crippen LogP contribution in [0.15, 0.2) is 34.2 Å². The number of fused-ring (bicyclic) bond motifs is 1. The second kappa shape index (κ2) is 9.96. The summed E-state index contributed by atoms with van der Waals surface area (Å²) in [6.45, 7) is 2.49. The van der Waals surface area contributed by atoms with Crippen LogP contribution >= 0.6 is 11.8 Å². The molecule has 7 nitrogen and oxygen atoms in total. The zero-order valence-electron chi connectivity index (χ0n) is 15.0. The van der Waals surface area contributed by atoms with Crippen molar-refractivity contribution in [2.75, 3.05) is 19.4 Å². The van der Waals surface area contributed by atoms with E-state index >= 15 is 0 Å². The highest BCUT2D eigenvalue weighted by Crippen LogP contribution is 2.17. The van der Waals surface area contributed by atoms with Gasteiger partial charge < -0.3 is 10.1 Å². The summed E-state index contributed by atoms with van der Waals surface area (Å²) in [4.78, 5) is 40.8. The smallest absolute Gasteiger partial charge is 0.325 e. The van der Waals surface area contributed by atoms with Crippen LogP contribution in [-0.4, -0.2) is 40.8 Å². The number of esters is 1. The molecule has 2 aromatic rings. The van der Waals surface area contributed by atoms with Crippen molar-refractivity contribution in [3.05, 3.63) is 34.6 Å². The molecule has 0 aliphatic rings. The van der Waals surface area contributed by atoms with Gasteiger partial charge in [0.05, 0.1) is 23.8 Å². The Morgan fingerprint density at radius 3 is 2.77 bits per heavy atom. The molecule has 0 saturated heterocycles. The minimum absolute atomic E-state index is 0.123. The number of nitrogens with one attached hydrogen (secondary N) is 1. The maximum absolute atomic E-state index is 12.7. The third kappa shape index (κ3) is 5.32. The van der Waals surface area contributed by atoms with Gasteiger partial charge in [0.25, 0.3) is 5.56 Å². The fraction of sp³-hybridized carbons (Fsp3) is 0.444. The molecule has 1 aromatic heterocycles. The number of benzene rings is 1. The summed E-state index contributed by atoms with van der Waals surface area (Å²) in [6, 6.07) is 6.92. The van der Waals surface area contributed by atoms with Gasteiger partial charge in [-0.05, 0) is 18.6 Å². The van der Waals surface area contributed by atoms with Gasteiger partial charge in [0.15, 0.2) is 5.16 Å². The molecule has 0 aliphatic heterocycles. The highest BCUT2D eigenvalue weighted by Gasteiger charge is 2.15. The van der Waals surface area contributed by atoms with E-state index in [0.29, 0.717) is 22.6 Å². The first-order valence-electron chi connectivity index (χ1n) is 8.52. The van der Waals surface area contributed by atoms with Crippen LogP contribution in [-0.2, 0) is 20.9 Å². The van der Waals surface area contributed by atoms with Crippen molar-refractivity contribution in [3.8, 4) is 0 Å². The minimum atomic E-state index is -0.546. The van der Waals surface area contributed by atoms with Crippen LogP contribution in [0.4, 0.5) is 0 Å². The van der Waals surface area contributed by atoms with Crippen molar-refractivity contribution in [2.24, 2.45) is 0 Å². The molecule has 0 spiro atoms. The summed E-state index contributed by atoms with van der Waals surface area (Å²) >= 11 is 1.13. The summed E-state index contributed by atoms with van der Waals surface area (Å²) in [5, 5.41) is 3.59. The molecule has 0 saturated carbocycles. The van der Waals surface area contributed by atoms with E-state index in [-0.39, 0.29) is 23.8 Å². The number of carbonyl (C=O) groups is 2. The Morgan fingerprint density at radius 2 is 2.04 bits per heavy atom. The van der Waals surface area contributed by atoms with Gasteiger partial charge in [0.2, 0.25) is 5.91 Å². The topological polar surface area (TPSA) is 90.3 Å². The van der Waals surface area contributed by atoms with Crippen LogP contribution in [0, 0.1) is 0 Å². The molecular formula is C18H23N3O4S. The summed E-state index contributed by atoms with van der Waals surface area (Å²) < 4.78 is 5.92. The van der Waals surface area contributed by atoms with E-state index in [1.165, 1.54) is 11.7 Å². The Bertz CT molecular complexity index is 835. The molecule has 0 aliphatic carbocycles. The molecule has 8 heteroatoms. The molecule has 0 unspecified atom stereocenters. The van der Waals surface area contributed by atoms with Crippen molar-refractivity contribution >= 4 is 34.5 Å². The van der Waals surface area contributed by atoms with E-state index in [0.717, 1.165) is 31.0 Å². The number of thioether (sulfide) groups is 1. The third-order valence-corrected chi connectivity index (χ3v) is 4.75. The Labute approximate surface area is 156 Å². The van der Waals surface area contributed by atoms with Gasteiger partial charge in [-0.1, -0.05) is 43.7 Å². The highest BCUT2D eigenvalue weighted by molar-refractivity contribution is 7.99. The molecule has 1 aromatic carbocycles. The van der Waals surface area contributed by atoms with Crippen molar-refractivity contribution in [2.45, 2.75) is 37.9 Å². The standard InChI is InChI=1S/C18H23N3O4S/c1-3-4-7-10-19-15(22)12-26-18-20-14-9-6-5-8-13(14)17(24)21(18)11-16(23)25-2/h5-6,8-9H,3-4,7,10-12H2,1-2H3,(H,19,22). The van der Waals surface area contributed by atoms with Crippen LogP contribution in [0.3, 0.4) is 0 Å². The Kier molecular flexibility index (Phi) is 7.65. The Hall–Kier alpha value is -2.35. The normalized spacial score (nSPS) is 10.7. The fourth-order valence-electron chi connectivity index (χ4n) is 2.37. The number of carbonyl (C=O) groups excluding carboxylic acids is 2. The number of aromatic nitrogens is 2. The Morgan fingerprint density at radius 1 is 1.27 bits per heavy atom. The lowest BCUT2D eigenvalue weighted by atomic mass is 10.2. The summed E-state index contributed by atoms with van der Waals surface area (Å²) in [6.07, 6.45) is 3.10. The largest absolute Gasteiger partial charge is 0.468 e. The summed E-state index contributed by atoms with van der Waals surface area (Å²) in [7, 11) is 1.26. The first kappa shape index (κ1) is 20.0. The molecule has 1 amide bonds. The molecule has 140 valence electrons. The van der Waals surface area contributed by atoms with Crippen LogP contribution in [0.5, 0.6) is 0 Å². The first-order valence-corrected chi connectivity index (χ1v) is 9.51. The molecule has 0 radical (unpaired) electrons. The third-order valence-electron chi connectivity index (χ3n) is 3.78. The SMILES string of the molecule is CCCCCNC(=O)CSc1nc2ccccc2c(=O)n1CC(=O)OC. The number of ether oxygens (including phenoxy) is 1. The van der Waals surface area contributed by atoms with E-state index in [1.54, 1.807) is 24.3 Å². The lowest BCUT2D eigenvalue weighted by Crippen LogP contribution is -2.29. The van der Waals surface area contributed by atoms with Crippen molar-refractivity contribution in [1.82, 2.24) is 14.9 Å². The molecule has 0 atom stereocenters. The zero-order chi connectivity index (χ0) is 18.9. The number of hydrogen-bond acceptors (Lipinski definition) is 6. The van der Waals surface area contributed by atoms with E-state index in [2.05, 4.69) is 22.0 Å². The van der Waals surface area contributed by atoms with E-state index in [4.69, 9.17) is 0 Å². The van der Waals surface area contributed by atoms with Crippen LogP contribution in [0.1, 0.15) is 26.2 Å². The summed E-state index contributed by atoms with van der Waals surface area (Å²) in [5.74, 6) is -0.550. The van der Waals surface area contributed by atoms with Gasteiger partial charge >= 0.3 is 5.97 Å². The number of unbranched alkanes of at least 4 members (excludes halogenated alkanes) is 2. The number of amides is 1. The van der Waals surface area contributed by atoms with Gasteiger partial charge in [-0.3, -0.25) is 19.0 Å². The maximum atomic E-state index is 12.7. The molecule has 26 heavy (non-hydrogen) atoms. The Balaban J connectivity index is 2.18. The number of methoxy groups -OCH3 is 1. The second-order valence-electron chi connectivity index (χ2n) is 5.72. The minimum Gasteiger partial charge on any atom is -0.468 e. The number of para-hydroxylation sites is 1. The van der Waals surface area contributed by atoms with Crippen molar-refractivity contribution in [1.29, 1.82) is 0 Å². The number of nitrogens with zero attached hydrogens (tertiary/aromatic N) is 2. The maximum Gasteiger partial charge on any atom is 0.325 e. The monoisotopic (exact) mass is 377 g/mol. The molecular weight excluding hydrogens is 354 g/mol. The second-order valence-corrected chi connectivity index (χ2v) is 6.67. The highest BCUT2D eigenvalue weighted by atomic mass is 32.2. The van der Waals surface area contributed by atoms with E-state index in [1.807, 2.05) is 0 Å². The molecule has 1 N–H and O–H groups in total. The van der Waals surface area contributed by atoms with Crippen molar-refractivity contribution in [3.63, 3.8) is 0 Å². The van der Waals surface area contributed by atoms with Crippen LogP contribution < -0.4 is 10.9 Å². The lowest BCUT2D eigenvalue weighted by molar-refractivity contribution is -0.141. The molecule has 2 rings (SSSR count). The molecule has 0 fully saturated rings. The predicted octanol–water partition coefficient (Wildman–Crippen LogP) is 1.97. The molecule has 1 heterocycles. The predicted molar refractivity (Wildman–Crippen MR) is 101 cm³/mol. The van der Waals surface area contributed by atoms with Gasteiger partial charge in [0.1, 0.15) is 6.54 Å². The van der Waals surface area contributed by atoms with Gasteiger partial charge in [0, 0.05) is 6.54 Å². The zero-order valence-corrected chi connectivity index (χ0v) is 15.8. The van der Waals surface area contributed by atoms with Gasteiger partial charge in [-0.15, -0.1) is 0 Å². The average molecular weight is 377 g/mol. The number of rotatable bonds is 9. The van der Waals surface area contributed by atoms with E-state index in [9.17, 15) is 14.4 Å². The van der Waals surface area contributed by atoms with Crippen LogP contribution in [0.2, 0.25) is 0 Å². The molecule has 0 bridgehead atoms. The summed E-state index contributed by atoms with van der Waals surface area (Å²) in [5.41, 5.74) is 0.205. The van der Waals surface area contributed by atoms with E-state index < -0.39 is 5.97 Å². The van der Waals surface area contributed by atoms with Crippen LogP contribution in [0.25, 0.3) is 10.9 Å². The number of hydrogen-bond donors (Lipinski definition) is 1. The van der Waals surface area contributed by atoms with Crippen molar-refractivity contribution < 1.29 is 14.3 Å². The average Bonchev–Trinajstić information content (AvgIpc) is 2.66. The van der Waals surface area contributed by atoms with Gasteiger partial charge in [-0.25, -0.2) is 4.98 Å².